The summed E-state index contributed by atoms with van der Waals surface area (Å²) >= 11 is 0. The lowest BCUT2D eigenvalue weighted by Crippen LogP contribution is -2.02. The van der Waals surface area contributed by atoms with Crippen molar-refractivity contribution in [3.8, 4) is 0 Å². The summed E-state index contributed by atoms with van der Waals surface area (Å²) in [5.41, 5.74) is 0. The van der Waals surface area contributed by atoms with Crippen molar-refractivity contribution < 1.29 is 14.5 Å². The number of hydrogen-bond donors (Lipinski definition) is 1. The molecule has 0 aliphatic rings. The normalized spacial score (nSPS) is 11.5. The summed E-state index contributed by atoms with van der Waals surface area (Å²) in [6.07, 6.45) is 1.64. The van der Waals surface area contributed by atoms with Gasteiger partial charge in [-0.05, 0) is 12.3 Å². The van der Waals surface area contributed by atoms with Gasteiger partial charge in [0.25, 0.3) is 0 Å². The summed E-state index contributed by atoms with van der Waals surface area (Å²) < 4.78 is 11.6. The summed E-state index contributed by atoms with van der Waals surface area (Å²) in [7, 11) is -2.12. The molecule has 0 aromatic carbocycles. The third-order valence-electron chi connectivity index (χ3n) is 1.89. The molecule has 0 heterocycles. The van der Waals surface area contributed by atoms with Crippen LogP contribution in [0, 0.1) is 0 Å². The Morgan fingerprint density at radius 3 is 2.09 bits per heavy atom. The van der Waals surface area contributed by atoms with Gasteiger partial charge in [0.2, 0.25) is 0 Å². The molecule has 0 fully saturated rings. The van der Waals surface area contributed by atoms with Crippen LogP contribution in [0.3, 0.4) is 0 Å². The predicted octanol–water partition coefficient (Wildman–Crippen LogP) is 1.86. The molecule has 0 aromatic rings. The van der Waals surface area contributed by atoms with Gasteiger partial charge in [-0.25, -0.2) is 0 Å². The third-order valence-corrected chi connectivity index (χ3v) is 5.23. The minimum Gasteiger partial charge on any atom is -0.481 e. The second-order valence-electron chi connectivity index (χ2n) is 2.56. The van der Waals surface area contributed by atoms with Gasteiger partial charge in [0, 0.05) is 6.16 Å². The van der Waals surface area contributed by atoms with Gasteiger partial charge in [0.05, 0.1) is 13.6 Å². The van der Waals surface area contributed by atoms with E-state index in [9.17, 15) is 9.36 Å². The van der Waals surface area contributed by atoms with Crippen LogP contribution in [0.25, 0.3) is 0 Å². The molecule has 0 aliphatic carbocycles. The van der Waals surface area contributed by atoms with Crippen LogP contribution in [-0.4, -0.2) is 29.6 Å². The van der Waals surface area contributed by atoms with Crippen molar-refractivity contribution in [3.05, 3.63) is 0 Å². The smallest absolute Gasteiger partial charge is 0.303 e. The van der Waals surface area contributed by atoms with Crippen LogP contribution in [0.1, 0.15) is 20.3 Å². The maximum atomic E-state index is 11.6. The van der Waals surface area contributed by atoms with E-state index in [0.717, 1.165) is 0 Å². The van der Waals surface area contributed by atoms with Crippen molar-refractivity contribution in [2.45, 2.75) is 20.3 Å². The number of carboxylic acid groups (broad SMARTS) is 1. The third kappa shape index (κ3) is 4.20. The minimum absolute atomic E-state index is 0.0406. The molecule has 0 radical (unpaired) electrons. The molecule has 1 N–H and O–H groups in total. The number of hydrogen-bond acceptors (Lipinski definition) is 2. The number of rotatable bonds is 5. The fraction of sp³-hybridized carbons (Fsp3) is 0.857. The molecule has 0 aliphatic heterocycles. The molecule has 4 heteroatoms. The second-order valence-corrected chi connectivity index (χ2v) is 6.39. The largest absolute Gasteiger partial charge is 0.481 e. The quantitative estimate of drug-likeness (QED) is 0.654. The predicted molar refractivity (Wildman–Crippen MR) is 45.8 cm³/mol. The molecular weight excluding hydrogens is 163 g/mol. The minimum atomic E-state index is -2.12. The van der Waals surface area contributed by atoms with E-state index in [1.54, 1.807) is 0 Å². The highest BCUT2D eigenvalue weighted by molar-refractivity contribution is 7.63. The molecular formula is C7H15O3P. The average molecular weight is 178 g/mol. The molecule has 0 saturated heterocycles. The zero-order valence-electron chi connectivity index (χ0n) is 7.04. The topological polar surface area (TPSA) is 54.4 Å². The van der Waals surface area contributed by atoms with Crippen LogP contribution < -0.4 is 0 Å². The van der Waals surface area contributed by atoms with E-state index >= 15 is 0 Å². The first-order valence-electron chi connectivity index (χ1n) is 3.83. The number of carbonyl (C=O) groups is 1. The van der Waals surface area contributed by atoms with E-state index in [2.05, 4.69) is 0 Å². The highest BCUT2D eigenvalue weighted by atomic mass is 31.2. The van der Waals surface area contributed by atoms with Gasteiger partial charge < -0.3 is 9.67 Å². The Kier molecular flexibility index (Phi) is 4.43. The van der Waals surface area contributed by atoms with Crippen molar-refractivity contribution in [1.82, 2.24) is 0 Å². The first kappa shape index (κ1) is 10.7. The summed E-state index contributed by atoms with van der Waals surface area (Å²) in [4.78, 5) is 10.2. The molecule has 0 amide bonds. The zero-order chi connectivity index (χ0) is 8.91. The fourth-order valence-corrected chi connectivity index (χ4v) is 2.52. The molecule has 0 bridgehead atoms. The Morgan fingerprint density at radius 2 is 1.82 bits per heavy atom. The van der Waals surface area contributed by atoms with E-state index in [0.29, 0.717) is 18.5 Å². The van der Waals surface area contributed by atoms with Crippen molar-refractivity contribution in [2.75, 3.05) is 18.5 Å². The number of carboxylic acids is 1. The van der Waals surface area contributed by atoms with Gasteiger partial charge in [-0.2, -0.15) is 0 Å². The summed E-state index contributed by atoms with van der Waals surface area (Å²) in [5, 5.41) is 8.35. The maximum absolute atomic E-state index is 11.6. The highest BCUT2D eigenvalue weighted by Gasteiger charge is 2.17. The molecule has 3 nitrogen and oxygen atoms in total. The van der Waals surface area contributed by atoms with Gasteiger partial charge in [0.15, 0.2) is 0 Å². The summed E-state index contributed by atoms with van der Waals surface area (Å²) in [5.74, 6) is -0.855. The van der Waals surface area contributed by atoms with Gasteiger partial charge in [0.1, 0.15) is 0 Å². The summed E-state index contributed by atoms with van der Waals surface area (Å²) in [6.45, 7) is 3.71. The van der Waals surface area contributed by atoms with Crippen molar-refractivity contribution in [2.24, 2.45) is 0 Å². The van der Waals surface area contributed by atoms with Crippen molar-refractivity contribution in [1.29, 1.82) is 0 Å². The van der Waals surface area contributed by atoms with E-state index in [-0.39, 0.29) is 6.42 Å². The maximum Gasteiger partial charge on any atom is 0.303 e. The molecule has 0 rings (SSSR count). The zero-order valence-corrected chi connectivity index (χ0v) is 7.93. The molecule has 66 valence electrons. The van der Waals surface area contributed by atoms with Crippen LogP contribution in [-0.2, 0) is 9.36 Å². The Morgan fingerprint density at radius 1 is 1.36 bits per heavy atom. The lowest BCUT2D eigenvalue weighted by Gasteiger charge is -2.11. The van der Waals surface area contributed by atoms with Crippen molar-refractivity contribution in [3.63, 3.8) is 0 Å². The van der Waals surface area contributed by atoms with E-state index in [4.69, 9.17) is 5.11 Å². The Labute approximate surface area is 67.2 Å². The molecule has 0 saturated carbocycles. The fourth-order valence-electron chi connectivity index (χ4n) is 0.839. The highest BCUT2D eigenvalue weighted by Crippen LogP contribution is 2.44. The summed E-state index contributed by atoms with van der Waals surface area (Å²) in [6, 6.07) is 0. The first-order chi connectivity index (χ1) is 5.04. The van der Waals surface area contributed by atoms with Gasteiger partial charge in [-0.15, -0.1) is 0 Å². The van der Waals surface area contributed by atoms with E-state index in [1.807, 2.05) is 13.8 Å². The van der Waals surface area contributed by atoms with Crippen molar-refractivity contribution >= 4 is 13.1 Å². The first-order valence-corrected chi connectivity index (χ1v) is 6.09. The van der Waals surface area contributed by atoms with Crippen LogP contribution >= 0.6 is 7.14 Å². The number of aliphatic carboxylic acids is 1. The van der Waals surface area contributed by atoms with Crippen LogP contribution in [0.5, 0.6) is 0 Å². The average Bonchev–Trinajstić information content (AvgIpc) is 2.00. The monoisotopic (exact) mass is 178 g/mol. The van der Waals surface area contributed by atoms with Gasteiger partial charge in [-0.1, -0.05) is 13.8 Å². The standard InChI is InChI=1S/C7H15O3P/c1-3-11(10,4-2)6-5-7(8)9/h3-6H2,1-2H3,(H,8,9). The SMILES string of the molecule is CCP(=O)(CC)CCC(=O)O. The van der Waals surface area contributed by atoms with Crippen LogP contribution in [0.15, 0.2) is 0 Å². The van der Waals surface area contributed by atoms with E-state index in [1.165, 1.54) is 0 Å². The molecule has 11 heavy (non-hydrogen) atoms. The lowest BCUT2D eigenvalue weighted by molar-refractivity contribution is -0.136. The van der Waals surface area contributed by atoms with E-state index < -0.39 is 13.1 Å². The molecule has 0 spiro atoms. The van der Waals surface area contributed by atoms with Gasteiger partial charge >= 0.3 is 5.97 Å². The lowest BCUT2D eigenvalue weighted by atomic mass is 10.5. The van der Waals surface area contributed by atoms with Gasteiger partial charge in [-0.3, -0.25) is 4.79 Å². The Hall–Kier alpha value is -0.300. The second kappa shape index (κ2) is 4.55. The van der Waals surface area contributed by atoms with Crippen LogP contribution in [0.2, 0.25) is 0 Å². The Bertz CT molecular complexity index is 169. The molecule has 0 unspecified atom stereocenters. The van der Waals surface area contributed by atoms with Crippen LogP contribution in [0.4, 0.5) is 0 Å². The molecule has 0 aromatic heterocycles. The Balaban J connectivity index is 3.89. The molecule has 0 atom stereocenters.